The van der Waals surface area contributed by atoms with E-state index in [4.69, 9.17) is 9.47 Å². The number of rotatable bonds is 6. The van der Waals surface area contributed by atoms with Gasteiger partial charge >= 0.3 is 6.09 Å². The predicted octanol–water partition coefficient (Wildman–Crippen LogP) is 6.93. The lowest BCUT2D eigenvalue weighted by molar-refractivity contribution is -0.137. The average Bonchev–Trinajstić information content (AvgIpc) is 4.06. The number of nitrogens with zero attached hydrogens (tertiary/aromatic N) is 3. The highest BCUT2D eigenvalue weighted by molar-refractivity contribution is 7.91. The Morgan fingerprint density at radius 2 is 1.70 bits per heavy atom. The summed E-state index contributed by atoms with van der Waals surface area (Å²) in [5, 5.41) is 0.548. The van der Waals surface area contributed by atoms with Crippen LogP contribution >= 0.6 is 0 Å². The van der Waals surface area contributed by atoms with Gasteiger partial charge in [-0.25, -0.2) is 17.9 Å². The van der Waals surface area contributed by atoms with Crippen molar-refractivity contribution in [3.8, 4) is 17.0 Å². The molecule has 3 aromatic rings. The Hall–Kier alpha value is -4.06. The van der Waals surface area contributed by atoms with Gasteiger partial charge in [0.1, 0.15) is 11.4 Å². The van der Waals surface area contributed by atoms with Gasteiger partial charge in [0, 0.05) is 54.1 Å². The third-order valence-corrected chi connectivity index (χ3v) is 14.9. The van der Waals surface area contributed by atoms with Crippen molar-refractivity contribution in [2.24, 2.45) is 11.3 Å². The molecule has 5 fully saturated rings. The minimum Gasteiger partial charge on any atom is -0.497 e. The van der Waals surface area contributed by atoms with Crippen molar-refractivity contribution in [2.45, 2.75) is 120 Å². The van der Waals surface area contributed by atoms with E-state index in [2.05, 4.69) is 21.4 Å². The summed E-state index contributed by atoms with van der Waals surface area (Å²) in [6, 6.07) is 11.8. The Labute approximate surface area is 317 Å². The largest absolute Gasteiger partial charge is 0.497 e. The Bertz CT molecular complexity index is 2160. The summed E-state index contributed by atoms with van der Waals surface area (Å²) in [6.07, 6.45) is 8.99. The maximum absolute atomic E-state index is 15.2. The highest BCUT2D eigenvalue weighted by atomic mass is 32.2. The third-order valence-electron chi connectivity index (χ3n) is 13.1. The molecule has 1 N–H and O–H groups in total. The van der Waals surface area contributed by atoms with E-state index in [1.807, 2.05) is 48.8 Å². The molecular weight excluding hydrogens is 705 g/mol. The summed E-state index contributed by atoms with van der Waals surface area (Å²) < 4.78 is 41.8. The van der Waals surface area contributed by atoms with Gasteiger partial charge in [-0.15, -0.1) is 0 Å². The molecule has 54 heavy (non-hydrogen) atoms. The number of hydrogen-bond donors (Lipinski definition) is 1. The molecule has 0 spiro atoms. The molecule has 3 saturated carbocycles. The number of nitrogens with one attached hydrogen (secondary N) is 1. The maximum atomic E-state index is 15.2. The molecule has 6 aliphatic rings. The maximum Gasteiger partial charge on any atom is 0.410 e. The van der Waals surface area contributed by atoms with Gasteiger partial charge in [-0.1, -0.05) is 25.3 Å². The Balaban J connectivity index is 1.14. The summed E-state index contributed by atoms with van der Waals surface area (Å²) in [5.74, 6) is 0.727. The molecule has 4 heterocycles. The van der Waals surface area contributed by atoms with Crippen molar-refractivity contribution >= 4 is 38.8 Å². The normalized spacial score (nSPS) is 26.6. The first-order valence-corrected chi connectivity index (χ1v) is 21.5. The molecule has 12 heteroatoms. The van der Waals surface area contributed by atoms with E-state index < -0.39 is 32.2 Å². The molecular formula is C42H52N4O7S. The van der Waals surface area contributed by atoms with Gasteiger partial charge in [-0.2, -0.15) is 0 Å². The van der Waals surface area contributed by atoms with Gasteiger partial charge in [0.25, 0.3) is 5.91 Å². The smallest absolute Gasteiger partial charge is 0.410 e. The Kier molecular flexibility index (Phi) is 8.41. The molecule has 11 nitrogen and oxygen atoms in total. The van der Waals surface area contributed by atoms with E-state index >= 15 is 4.79 Å². The molecule has 4 unspecified atom stereocenters. The number of amides is 3. The number of piperidine rings is 1. The molecule has 0 radical (unpaired) electrons. The minimum atomic E-state index is -3.73. The number of carbonyl (C=O) groups excluding carboxylic acids is 3. The second-order valence-corrected chi connectivity index (χ2v) is 19.8. The first-order chi connectivity index (χ1) is 25.8. The van der Waals surface area contributed by atoms with Crippen LogP contribution in [0, 0.1) is 11.3 Å². The summed E-state index contributed by atoms with van der Waals surface area (Å²) in [4.78, 5) is 46.0. The van der Waals surface area contributed by atoms with Gasteiger partial charge in [0.15, 0.2) is 0 Å². The van der Waals surface area contributed by atoms with E-state index in [-0.39, 0.29) is 29.9 Å². The van der Waals surface area contributed by atoms with E-state index in [0.29, 0.717) is 56.9 Å². The van der Waals surface area contributed by atoms with E-state index in [0.717, 1.165) is 72.0 Å². The Morgan fingerprint density at radius 1 is 0.926 bits per heavy atom. The molecule has 2 aromatic carbocycles. The van der Waals surface area contributed by atoms with E-state index in [1.165, 1.54) is 12.0 Å². The zero-order valence-corrected chi connectivity index (χ0v) is 32.7. The van der Waals surface area contributed by atoms with Gasteiger partial charge in [-0.05, 0) is 119 Å². The number of hydrogen-bond acceptors (Lipinski definition) is 7. The molecule has 2 saturated heterocycles. The molecule has 4 atom stereocenters. The van der Waals surface area contributed by atoms with Gasteiger partial charge < -0.3 is 23.8 Å². The zero-order valence-electron chi connectivity index (χ0n) is 31.9. The summed E-state index contributed by atoms with van der Waals surface area (Å²) >= 11 is 0. The van der Waals surface area contributed by atoms with Crippen LogP contribution in [0.15, 0.2) is 36.4 Å². The molecule has 3 aliphatic heterocycles. The Morgan fingerprint density at radius 3 is 2.43 bits per heavy atom. The number of aromatic nitrogens is 1. The SMILES string of the molecule is COc1ccc2c(c1)C1CC1(C(=O)N1CC3CCCN(C(=O)OC(C)(C)C)C3C1)Cn1c-2c(C2CCCCC2)c2ccc(C(=O)NS(=O)(=O)C3CC3)cc21. The fourth-order valence-electron chi connectivity index (χ4n) is 10.3. The first kappa shape index (κ1) is 35.6. The number of likely N-dealkylation sites (tertiary alicyclic amines) is 2. The number of ether oxygens (including phenoxy) is 2. The molecule has 288 valence electrons. The molecule has 9 rings (SSSR count). The summed E-state index contributed by atoms with van der Waals surface area (Å²) in [5.41, 5.74) is 4.39. The van der Waals surface area contributed by atoms with Crippen molar-refractivity contribution in [1.29, 1.82) is 0 Å². The lowest BCUT2D eigenvalue weighted by Crippen LogP contribution is -2.50. The van der Waals surface area contributed by atoms with Crippen LogP contribution in [0.4, 0.5) is 4.79 Å². The monoisotopic (exact) mass is 756 g/mol. The standard InChI is InChI=1S/C42H52N4O7S/c1-41(2,3)53-40(49)45-18-8-11-27-22-44(23-35(27)45)39(48)42-21-33(42)32-20-28(52-4)13-17-30(32)37-36(25-9-6-5-7-10-25)31-16-12-26(19-34(31)46(37)24-42)38(47)43-54(50,51)29-14-15-29/h12-13,16-17,19-20,25,27,29,33,35H,5-11,14-15,18,21-24H2,1-4H3,(H,43,47). The van der Waals surface area contributed by atoms with Crippen molar-refractivity contribution in [1.82, 2.24) is 19.1 Å². The summed E-state index contributed by atoms with van der Waals surface area (Å²) in [6.45, 7) is 7.80. The lowest BCUT2D eigenvalue weighted by atomic mass is 9.81. The fourth-order valence-corrected chi connectivity index (χ4v) is 11.6. The van der Waals surface area contributed by atoms with Crippen molar-refractivity contribution in [3.63, 3.8) is 0 Å². The highest BCUT2D eigenvalue weighted by Crippen LogP contribution is 2.66. The fraction of sp³-hybridized carbons (Fsp3) is 0.595. The third kappa shape index (κ3) is 5.98. The molecule has 0 bridgehead atoms. The van der Waals surface area contributed by atoms with Crippen LogP contribution in [0.5, 0.6) is 5.75 Å². The predicted molar refractivity (Wildman–Crippen MR) is 205 cm³/mol. The second-order valence-electron chi connectivity index (χ2n) is 17.8. The number of sulfonamides is 1. The molecule has 3 aliphatic carbocycles. The molecule has 1 aromatic heterocycles. The number of methoxy groups -OCH3 is 1. The van der Waals surface area contributed by atoms with Crippen molar-refractivity contribution in [3.05, 3.63) is 53.1 Å². The van der Waals surface area contributed by atoms with Gasteiger partial charge in [-0.3, -0.25) is 9.59 Å². The molecule has 3 amide bonds. The van der Waals surface area contributed by atoms with Crippen LogP contribution in [0.3, 0.4) is 0 Å². The van der Waals surface area contributed by atoms with Crippen molar-refractivity contribution < 1.29 is 32.3 Å². The van der Waals surface area contributed by atoms with Crippen LogP contribution in [0.2, 0.25) is 0 Å². The van der Waals surface area contributed by atoms with Crippen LogP contribution < -0.4 is 9.46 Å². The van der Waals surface area contributed by atoms with Crippen LogP contribution in [-0.2, 0) is 26.1 Å². The highest BCUT2D eigenvalue weighted by Gasteiger charge is 2.65. The quantitative estimate of drug-likeness (QED) is 0.289. The van der Waals surface area contributed by atoms with Crippen LogP contribution in [0.1, 0.15) is 118 Å². The number of fused-ring (bicyclic) bond motifs is 8. The van der Waals surface area contributed by atoms with Gasteiger partial charge in [0.05, 0.1) is 29.5 Å². The van der Waals surface area contributed by atoms with Crippen LogP contribution in [0.25, 0.3) is 22.2 Å². The number of carbonyl (C=O) groups is 3. The number of benzene rings is 2. The topological polar surface area (TPSA) is 127 Å². The van der Waals surface area contributed by atoms with E-state index in [9.17, 15) is 18.0 Å². The minimum absolute atomic E-state index is 0.0241. The van der Waals surface area contributed by atoms with Gasteiger partial charge in [0.2, 0.25) is 15.9 Å². The lowest BCUT2D eigenvalue weighted by Gasteiger charge is -2.37. The van der Waals surface area contributed by atoms with Crippen LogP contribution in [-0.4, -0.2) is 84.3 Å². The zero-order chi connectivity index (χ0) is 37.7. The van der Waals surface area contributed by atoms with E-state index in [1.54, 1.807) is 13.2 Å². The average molecular weight is 757 g/mol. The second kappa shape index (κ2) is 12.7. The summed E-state index contributed by atoms with van der Waals surface area (Å²) in [7, 11) is -2.06. The first-order valence-electron chi connectivity index (χ1n) is 20.0. The van der Waals surface area contributed by atoms with Crippen molar-refractivity contribution in [2.75, 3.05) is 26.7 Å².